The molecule has 16 heavy (non-hydrogen) atoms. The Kier molecular flexibility index (Phi) is 3.24. The Morgan fingerprint density at radius 3 is 2.81 bits per heavy atom. The Labute approximate surface area is 95.3 Å². The van der Waals surface area contributed by atoms with Gasteiger partial charge in [0.2, 0.25) is 5.95 Å². The molecule has 0 bridgehead atoms. The van der Waals surface area contributed by atoms with Crippen LogP contribution in [-0.2, 0) is 0 Å². The number of hydrogen-bond donors (Lipinski definition) is 3. The van der Waals surface area contributed by atoms with E-state index >= 15 is 0 Å². The first-order chi connectivity index (χ1) is 7.72. The lowest BCUT2D eigenvalue weighted by Gasteiger charge is -2.12. The predicted octanol–water partition coefficient (Wildman–Crippen LogP) is 1.19. The Hall–Kier alpha value is -1.36. The van der Waals surface area contributed by atoms with Crippen LogP contribution in [0.5, 0.6) is 0 Å². The number of anilines is 2. The lowest BCUT2D eigenvalue weighted by atomic mass is 10.3. The van der Waals surface area contributed by atoms with Gasteiger partial charge in [-0.2, -0.15) is 4.98 Å². The van der Waals surface area contributed by atoms with E-state index in [-0.39, 0.29) is 12.6 Å². The van der Waals surface area contributed by atoms with E-state index in [1.54, 1.807) is 0 Å². The van der Waals surface area contributed by atoms with Gasteiger partial charge >= 0.3 is 0 Å². The second-order valence-electron chi connectivity index (χ2n) is 4.25. The minimum absolute atomic E-state index is 0.0286. The Bertz CT molecular complexity index is 365. The predicted molar refractivity (Wildman–Crippen MR) is 63.7 cm³/mol. The summed E-state index contributed by atoms with van der Waals surface area (Å²) in [6.07, 6.45) is 2.43. The van der Waals surface area contributed by atoms with E-state index in [0.717, 1.165) is 11.5 Å². The number of aliphatic hydroxyl groups excluding tert-OH is 1. The van der Waals surface area contributed by atoms with E-state index in [1.807, 2.05) is 20.0 Å². The summed E-state index contributed by atoms with van der Waals surface area (Å²) in [5.74, 6) is 2.01. The van der Waals surface area contributed by atoms with Crippen molar-refractivity contribution in [2.24, 2.45) is 0 Å². The molecule has 1 aromatic rings. The molecule has 2 rings (SSSR count). The lowest BCUT2D eigenvalue weighted by molar-refractivity contribution is 0.281. The van der Waals surface area contributed by atoms with Crippen molar-refractivity contribution in [2.75, 3.05) is 24.3 Å². The fraction of sp³-hybridized carbons (Fsp3) is 0.636. The van der Waals surface area contributed by atoms with Gasteiger partial charge < -0.3 is 15.7 Å². The first-order valence-electron chi connectivity index (χ1n) is 5.67. The number of aliphatic hydroxyl groups is 1. The maximum Gasteiger partial charge on any atom is 0.225 e. The van der Waals surface area contributed by atoms with Crippen molar-refractivity contribution in [3.05, 3.63) is 11.8 Å². The molecule has 0 saturated heterocycles. The molecule has 0 radical (unpaired) electrons. The van der Waals surface area contributed by atoms with Gasteiger partial charge in [0, 0.05) is 25.1 Å². The zero-order chi connectivity index (χ0) is 11.5. The van der Waals surface area contributed by atoms with Gasteiger partial charge in [0.15, 0.2) is 0 Å². The minimum atomic E-state index is -0.0286. The second-order valence-corrected chi connectivity index (χ2v) is 4.25. The number of nitrogens with one attached hydrogen (secondary N) is 2. The summed E-state index contributed by atoms with van der Waals surface area (Å²) in [7, 11) is 1.85. The Balaban J connectivity index is 2.18. The van der Waals surface area contributed by atoms with Crippen molar-refractivity contribution in [2.45, 2.75) is 31.7 Å². The number of nitrogens with zero attached hydrogens (tertiary/aromatic N) is 2. The van der Waals surface area contributed by atoms with Crippen molar-refractivity contribution in [1.82, 2.24) is 9.97 Å². The van der Waals surface area contributed by atoms with Crippen LogP contribution < -0.4 is 10.6 Å². The normalized spacial score (nSPS) is 16.9. The fourth-order valence-corrected chi connectivity index (χ4v) is 1.51. The van der Waals surface area contributed by atoms with Gasteiger partial charge in [-0.3, -0.25) is 0 Å². The first-order valence-corrected chi connectivity index (χ1v) is 5.67. The van der Waals surface area contributed by atoms with Crippen molar-refractivity contribution >= 4 is 11.8 Å². The van der Waals surface area contributed by atoms with Crippen LogP contribution in [-0.4, -0.2) is 34.8 Å². The van der Waals surface area contributed by atoms with Crippen LogP contribution in [0, 0.1) is 0 Å². The van der Waals surface area contributed by atoms with Crippen molar-refractivity contribution in [3.63, 3.8) is 0 Å². The highest BCUT2D eigenvalue weighted by Crippen LogP contribution is 2.39. The highest BCUT2D eigenvalue weighted by Gasteiger charge is 2.26. The molecule has 1 fully saturated rings. The van der Waals surface area contributed by atoms with Gasteiger partial charge in [-0.15, -0.1) is 0 Å². The molecule has 1 aromatic heterocycles. The quantitative estimate of drug-likeness (QED) is 0.698. The monoisotopic (exact) mass is 222 g/mol. The van der Waals surface area contributed by atoms with Crippen LogP contribution in [0.3, 0.4) is 0 Å². The summed E-state index contributed by atoms with van der Waals surface area (Å²) in [6, 6.07) is 1.96. The van der Waals surface area contributed by atoms with E-state index in [9.17, 15) is 0 Å². The largest absolute Gasteiger partial charge is 0.394 e. The average Bonchev–Trinajstić information content (AvgIpc) is 3.12. The molecular weight excluding hydrogens is 204 g/mol. The molecule has 0 spiro atoms. The highest BCUT2D eigenvalue weighted by molar-refractivity contribution is 5.43. The van der Waals surface area contributed by atoms with Gasteiger partial charge in [0.05, 0.1) is 12.3 Å². The molecule has 0 aromatic carbocycles. The third kappa shape index (κ3) is 2.61. The van der Waals surface area contributed by atoms with Gasteiger partial charge in [0.1, 0.15) is 5.82 Å². The van der Waals surface area contributed by atoms with Gasteiger partial charge in [0.25, 0.3) is 0 Å². The summed E-state index contributed by atoms with van der Waals surface area (Å²) in [5, 5.41) is 15.1. The molecule has 1 aliphatic carbocycles. The SMILES string of the molecule is CNc1cc(C2CC2)nc(N[C@@H](C)CO)n1. The standard InChI is InChI=1S/C11H18N4O/c1-7(6-16)13-11-14-9(8-3-4-8)5-10(12-2)15-11/h5,7-8,16H,3-4,6H2,1-2H3,(H2,12,13,14,15)/t7-/m0/s1. The first kappa shape index (κ1) is 11.1. The van der Waals surface area contributed by atoms with Crippen molar-refractivity contribution in [1.29, 1.82) is 0 Å². The minimum Gasteiger partial charge on any atom is -0.394 e. The van der Waals surface area contributed by atoms with Crippen molar-refractivity contribution in [3.8, 4) is 0 Å². The van der Waals surface area contributed by atoms with E-state index in [2.05, 4.69) is 20.6 Å². The molecule has 1 heterocycles. The third-order valence-corrected chi connectivity index (χ3v) is 2.65. The summed E-state index contributed by atoms with van der Waals surface area (Å²) >= 11 is 0. The maximum absolute atomic E-state index is 8.98. The summed E-state index contributed by atoms with van der Waals surface area (Å²) in [6.45, 7) is 1.97. The molecule has 0 aliphatic heterocycles. The van der Waals surface area contributed by atoms with Gasteiger partial charge in [-0.1, -0.05) is 0 Å². The zero-order valence-corrected chi connectivity index (χ0v) is 9.70. The molecule has 5 heteroatoms. The van der Waals surface area contributed by atoms with E-state index < -0.39 is 0 Å². The smallest absolute Gasteiger partial charge is 0.225 e. The molecule has 0 unspecified atom stereocenters. The molecule has 1 saturated carbocycles. The molecule has 1 atom stereocenters. The maximum atomic E-state index is 8.98. The van der Waals surface area contributed by atoms with Crippen LogP contribution in [0.4, 0.5) is 11.8 Å². The third-order valence-electron chi connectivity index (χ3n) is 2.65. The van der Waals surface area contributed by atoms with Crippen LogP contribution in [0.1, 0.15) is 31.4 Å². The summed E-state index contributed by atoms with van der Waals surface area (Å²) in [5.41, 5.74) is 1.09. The summed E-state index contributed by atoms with van der Waals surface area (Å²) < 4.78 is 0. The van der Waals surface area contributed by atoms with Crippen molar-refractivity contribution < 1.29 is 5.11 Å². The molecule has 3 N–H and O–H groups in total. The Morgan fingerprint density at radius 1 is 1.50 bits per heavy atom. The number of hydrogen-bond acceptors (Lipinski definition) is 5. The molecule has 5 nitrogen and oxygen atoms in total. The van der Waals surface area contributed by atoms with E-state index in [1.165, 1.54) is 12.8 Å². The van der Waals surface area contributed by atoms with Crippen LogP contribution in [0.25, 0.3) is 0 Å². The zero-order valence-electron chi connectivity index (χ0n) is 9.70. The van der Waals surface area contributed by atoms with E-state index in [4.69, 9.17) is 5.11 Å². The molecular formula is C11H18N4O. The number of aromatic nitrogens is 2. The van der Waals surface area contributed by atoms with Crippen LogP contribution in [0.2, 0.25) is 0 Å². The molecule has 1 aliphatic rings. The topological polar surface area (TPSA) is 70.1 Å². The molecule has 88 valence electrons. The number of rotatable bonds is 5. The summed E-state index contributed by atoms with van der Waals surface area (Å²) in [4.78, 5) is 8.76. The molecule has 0 amide bonds. The average molecular weight is 222 g/mol. The van der Waals surface area contributed by atoms with Crippen LogP contribution >= 0.6 is 0 Å². The lowest BCUT2D eigenvalue weighted by Crippen LogP contribution is -2.21. The van der Waals surface area contributed by atoms with Gasteiger partial charge in [-0.25, -0.2) is 4.98 Å². The van der Waals surface area contributed by atoms with Gasteiger partial charge in [-0.05, 0) is 19.8 Å². The Morgan fingerprint density at radius 2 is 2.25 bits per heavy atom. The fourth-order valence-electron chi connectivity index (χ4n) is 1.51. The second kappa shape index (κ2) is 4.65. The highest BCUT2D eigenvalue weighted by atomic mass is 16.3. The van der Waals surface area contributed by atoms with E-state index in [0.29, 0.717) is 11.9 Å². The van der Waals surface area contributed by atoms with Crippen LogP contribution in [0.15, 0.2) is 6.07 Å².